The van der Waals surface area contributed by atoms with Crippen LogP contribution >= 0.6 is 22.9 Å². The summed E-state index contributed by atoms with van der Waals surface area (Å²) in [4.78, 5) is 18.0. The lowest BCUT2D eigenvalue weighted by atomic mass is 9.88. The van der Waals surface area contributed by atoms with Crippen LogP contribution in [0.25, 0.3) is 32.2 Å². The van der Waals surface area contributed by atoms with E-state index in [1.54, 1.807) is 6.07 Å². The Morgan fingerprint density at radius 1 is 1.08 bits per heavy atom. The molecule has 4 heterocycles. The molecule has 2 aromatic heterocycles. The summed E-state index contributed by atoms with van der Waals surface area (Å²) in [6, 6.07) is 5.57. The third-order valence-corrected chi connectivity index (χ3v) is 9.43. The fourth-order valence-corrected chi connectivity index (χ4v) is 7.24. The molecule has 2 bridgehead atoms. The van der Waals surface area contributed by atoms with Crippen molar-refractivity contribution in [2.75, 3.05) is 37.8 Å². The van der Waals surface area contributed by atoms with Crippen molar-refractivity contribution >= 4 is 55.0 Å². The smallest absolute Gasteiger partial charge is 0.319 e. The van der Waals surface area contributed by atoms with Gasteiger partial charge in [0.25, 0.3) is 0 Å². The van der Waals surface area contributed by atoms with Gasteiger partial charge >= 0.3 is 6.01 Å². The molecule has 39 heavy (non-hydrogen) atoms. The monoisotopic (exact) mass is 571 g/mol. The molecule has 1 aliphatic carbocycles. The number of anilines is 2. The maximum absolute atomic E-state index is 16.6. The summed E-state index contributed by atoms with van der Waals surface area (Å²) in [7, 11) is 4.04. The molecule has 1 saturated carbocycles. The van der Waals surface area contributed by atoms with E-state index in [-0.39, 0.29) is 49.6 Å². The van der Waals surface area contributed by atoms with E-state index in [1.807, 2.05) is 14.1 Å². The Labute approximate surface area is 233 Å². The van der Waals surface area contributed by atoms with Gasteiger partial charge in [0.1, 0.15) is 23.3 Å². The van der Waals surface area contributed by atoms with E-state index in [9.17, 15) is 4.39 Å². The van der Waals surface area contributed by atoms with Gasteiger partial charge < -0.3 is 25.6 Å². The van der Waals surface area contributed by atoms with Crippen molar-refractivity contribution in [3.8, 4) is 17.1 Å². The van der Waals surface area contributed by atoms with E-state index in [1.165, 1.54) is 12.1 Å². The van der Waals surface area contributed by atoms with Gasteiger partial charge in [0, 0.05) is 47.7 Å². The molecule has 7 rings (SSSR count). The Kier molecular flexibility index (Phi) is 6.03. The molecule has 0 amide bonds. The number of nitrogens with two attached hydrogens (primary N) is 1. The van der Waals surface area contributed by atoms with Crippen molar-refractivity contribution in [2.24, 2.45) is 0 Å². The molecular weight excluding hydrogens is 544 g/mol. The van der Waals surface area contributed by atoms with Gasteiger partial charge in [0.15, 0.2) is 10.9 Å². The standard InChI is InChI=1S/C27H28ClF2N7OS/c1-36(2)18-7-8-19(18)38-27-34-22-15(25(35-27)37-10-12-3-4-13(11-37)32-12)9-16(28)20(21(22)30)14-5-6-17(29)24-23(14)33-26(31)39-24/h5-6,9,12-13,18-19,32H,3-4,7-8,10-11H2,1-2H3,(H2,31,33)/t12?,13?,18-,19-/m0/s1. The zero-order chi connectivity index (χ0) is 27.0. The van der Waals surface area contributed by atoms with Crippen LogP contribution in [0, 0.1) is 11.6 Å². The van der Waals surface area contributed by atoms with Crippen LogP contribution in [-0.4, -0.2) is 71.3 Å². The fraction of sp³-hybridized carbons (Fsp3) is 0.444. The summed E-state index contributed by atoms with van der Waals surface area (Å²) in [5.41, 5.74) is 6.73. The minimum absolute atomic E-state index is 0.0750. The summed E-state index contributed by atoms with van der Waals surface area (Å²) in [5.74, 6) is -0.477. The first-order chi connectivity index (χ1) is 18.8. The summed E-state index contributed by atoms with van der Waals surface area (Å²) in [6.45, 7) is 1.51. The Morgan fingerprint density at radius 3 is 2.54 bits per heavy atom. The molecule has 12 heteroatoms. The van der Waals surface area contributed by atoms with Crippen molar-refractivity contribution in [3.05, 3.63) is 34.9 Å². The molecule has 3 fully saturated rings. The van der Waals surface area contributed by atoms with Gasteiger partial charge in [-0.25, -0.2) is 13.8 Å². The van der Waals surface area contributed by atoms with Gasteiger partial charge in [-0.2, -0.15) is 9.97 Å². The van der Waals surface area contributed by atoms with E-state index in [2.05, 4.69) is 25.1 Å². The molecule has 0 spiro atoms. The predicted molar refractivity (Wildman–Crippen MR) is 151 cm³/mol. The van der Waals surface area contributed by atoms with Gasteiger partial charge in [-0.3, -0.25) is 0 Å². The molecule has 8 nitrogen and oxygen atoms in total. The van der Waals surface area contributed by atoms with E-state index in [0.717, 1.165) is 50.1 Å². The summed E-state index contributed by atoms with van der Waals surface area (Å²) in [6.07, 6.45) is 4.01. The third-order valence-electron chi connectivity index (χ3n) is 8.24. The largest absolute Gasteiger partial charge is 0.458 e. The minimum Gasteiger partial charge on any atom is -0.458 e. The van der Waals surface area contributed by atoms with Gasteiger partial charge in [0.05, 0.1) is 15.2 Å². The number of ether oxygens (including phenoxy) is 1. The maximum atomic E-state index is 16.6. The first-order valence-corrected chi connectivity index (χ1v) is 14.3. The highest BCUT2D eigenvalue weighted by molar-refractivity contribution is 7.22. The average molecular weight is 572 g/mol. The van der Waals surface area contributed by atoms with E-state index in [4.69, 9.17) is 27.1 Å². The van der Waals surface area contributed by atoms with Crippen LogP contribution in [-0.2, 0) is 0 Å². The lowest BCUT2D eigenvalue weighted by Gasteiger charge is -2.40. The quantitative estimate of drug-likeness (QED) is 0.352. The number of hydrogen-bond donors (Lipinski definition) is 2. The van der Waals surface area contributed by atoms with Crippen molar-refractivity contribution in [3.63, 3.8) is 0 Å². The lowest BCUT2D eigenvalue weighted by Crippen LogP contribution is -2.51. The molecule has 4 aromatic rings. The Bertz CT molecular complexity index is 1600. The zero-order valence-electron chi connectivity index (χ0n) is 21.5. The molecule has 2 aliphatic heterocycles. The van der Waals surface area contributed by atoms with Gasteiger partial charge in [-0.15, -0.1) is 0 Å². The van der Waals surface area contributed by atoms with Gasteiger partial charge in [-0.05, 0) is 58.0 Å². The molecule has 204 valence electrons. The van der Waals surface area contributed by atoms with Crippen molar-refractivity contribution in [1.29, 1.82) is 0 Å². The van der Waals surface area contributed by atoms with Gasteiger partial charge in [-0.1, -0.05) is 22.9 Å². The van der Waals surface area contributed by atoms with Crippen molar-refractivity contribution < 1.29 is 13.5 Å². The van der Waals surface area contributed by atoms with Crippen LogP contribution in [0.1, 0.15) is 25.7 Å². The number of aromatic nitrogens is 3. The third kappa shape index (κ3) is 4.18. The number of hydrogen-bond acceptors (Lipinski definition) is 9. The topological polar surface area (TPSA) is 92.4 Å². The van der Waals surface area contributed by atoms with Gasteiger partial charge in [0.2, 0.25) is 0 Å². The molecule has 4 atom stereocenters. The summed E-state index contributed by atoms with van der Waals surface area (Å²) < 4.78 is 37.6. The van der Waals surface area contributed by atoms with Crippen molar-refractivity contribution in [1.82, 2.24) is 25.2 Å². The Morgan fingerprint density at radius 2 is 1.85 bits per heavy atom. The first-order valence-electron chi connectivity index (χ1n) is 13.2. The van der Waals surface area contributed by atoms with Crippen LogP contribution in [0.15, 0.2) is 18.2 Å². The highest BCUT2D eigenvalue weighted by Gasteiger charge is 2.37. The molecule has 3 aliphatic rings. The predicted octanol–water partition coefficient (Wildman–Crippen LogP) is 4.83. The highest BCUT2D eigenvalue weighted by Crippen LogP contribution is 2.43. The van der Waals surface area contributed by atoms with Crippen LogP contribution in [0.5, 0.6) is 6.01 Å². The minimum atomic E-state index is -0.624. The number of nitrogens with zero attached hydrogens (tertiary/aromatic N) is 5. The second-order valence-electron chi connectivity index (χ2n) is 10.9. The number of thiazole rings is 1. The number of rotatable bonds is 5. The zero-order valence-corrected chi connectivity index (χ0v) is 23.1. The van der Waals surface area contributed by atoms with Crippen LogP contribution in [0.4, 0.5) is 19.7 Å². The number of fused-ring (bicyclic) bond motifs is 4. The Hall–Kier alpha value is -2.86. The number of halogens is 3. The highest BCUT2D eigenvalue weighted by atomic mass is 35.5. The van der Waals surface area contributed by atoms with Crippen molar-refractivity contribution in [2.45, 2.75) is 49.9 Å². The van der Waals surface area contributed by atoms with Crippen LogP contribution in [0.3, 0.4) is 0 Å². The maximum Gasteiger partial charge on any atom is 0.319 e. The molecular formula is C27H28ClF2N7OS. The second kappa shape index (κ2) is 9.36. The fourth-order valence-electron chi connectivity index (χ4n) is 6.18. The number of likely N-dealkylation sites (N-methyl/N-ethyl adjacent to an activating group) is 1. The summed E-state index contributed by atoms with van der Waals surface area (Å²) >= 11 is 7.78. The van der Waals surface area contributed by atoms with E-state index in [0.29, 0.717) is 28.9 Å². The molecule has 2 aromatic carbocycles. The second-order valence-corrected chi connectivity index (χ2v) is 12.3. The lowest BCUT2D eigenvalue weighted by molar-refractivity contribution is 0.0136. The van der Waals surface area contributed by atoms with E-state index >= 15 is 4.39 Å². The van der Waals surface area contributed by atoms with E-state index < -0.39 is 11.6 Å². The number of nitrogens with one attached hydrogen (secondary N) is 1. The number of piperazine rings is 1. The molecule has 3 N–H and O–H groups in total. The molecule has 2 unspecified atom stereocenters. The first kappa shape index (κ1) is 25.1. The number of benzene rings is 2. The molecule has 2 saturated heterocycles. The Balaban J connectivity index is 1.41. The molecule has 0 radical (unpaired) electrons. The average Bonchev–Trinajstić information content (AvgIpc) is 3.44. The normalized spacial score (nSPS) is 24.6. The van der Waals surface area contributed by atoms with Crippen LogP contribution in [0.2, 0.25) is 5.02 Å². The number of nitrogen functional groups attached to an aromatic ring is 1. The summed E-state index contributed by atoms with van der Waals surface area (Å²) in [5, 5.41) is 4.51. The van der Waals surface area contributed by atoms with Crippen LogP contribution < -0.4 is 20.7 Å². The SMILES string of the molecule is CN(C)[C@H]1CC[C@@H]1Oc1nc(N2CC3CCC(C2)N3)c2cc(Cl)c(-c3ccc(F)c4sc(N)nc34)c(F)c2n1.